The number of ketones is 1. The maximum absolute atomic E-state index is 10.0. The SMILES string of the molecule is CC(=O)/C=C(/C)O.[CH2]C=C.[Pd]. The van der Waals surface area contributed by atoms with E-state index < -0.39 is 0 Å². The number of allylic oxidation sites excluding steroid dienone is 3. The van der Waals surface area contributed by atoms with E-state index in [2.05, 4.69) is 13.5 Å². The largest absolute Gasteiger partial charge is 0.512 e. The Balaban J connectivity index is -0.000000140. The van der Waals surface area contributed by atoms with E-state index in [1.165, 1.54) is 26.0 Å². The molecule has 0 atom stereocenters. The summed E-state index contributed by atoms with van der Waals surface area (Å²) < 4.78 is 0. The Kier molecular flexibility index (Phi) is 18.9. The molecule has 0 aliphatic heterocycles. The monoisotopic (exact) mass is 247 g/mol. The third-order valence-corrected chi connectivity index (χ3v) is 0.412. The molecule has 67 valence electrons. The number of hydrogen-bond donors (Lipinski definition) is 1. The third-order valence-electron chi connectivity index (χ3n) is 0.412. The average molecular weight is 248 g/mol. The second kappa shape index (κ2) is 12.3. The van der Waals surface area contributed by atoms with E-state index in [1.807, 2.05) is 0 Å². The first-order chi connectivity index (χ1) is 4.54. The number of aliphatic hydroxyl groups excluding tert-OH is 1. The Hall–Kier alpha value is -0.388. The quantitative estimate of drug-likeness (QED) is 0.437. The molecule has 0 amide bonds. The van der Waals surface area contributed by atoms with Crippen molar-refractivity contribution in [3.63, 3.8) is 0 Å². The first-order valence-electron chi connectivity index (χ1n) is 2.82. The van der Waals surface area contributed by atoms with E-state index in [0.717, 1.165) is 0 Å². The zero-order chi connectivity index (χ0) is 8.57. The van der Waals surface area contributed by atoms with Crippen LogP contribution in [0.3, 0.4) is 0 Å². The summed E-state index contributed by atoms with van der Waals surface area (Å²) in [7, 11) is 0. The fourth-order valence-corrected chi connectivity index (χ4v) is 0.294. The van der Waals surface area contributed by atoms with E-state index >= 15 is 0 Å². The van der Waals surface area contributed by atoms with Gasteiger partial charge in [-0.3, -0.25) is 4.79 Å². The van der Waals surface area contributed by atoms with Crippen molar-refractivity contribution in [1.82, 2.24) is 0 Å². The predicted octanol–water partition coefficient (Wildman–Crippen LogP) is 2.04. The van der Waals surface area contributed by atoms with Crippen molar-refractivity contribution in [1.29, 1.82) is 0 Å². The van der Waals surface area contributed by atoms with Gasteiger partial charge in [-0.2, -0.15) is 0 Å². The van der Waals surface area contributed by atoms with Crippen LogP contribution in [-0.4, -0.2) is 10.9 Å². The molecule has 0 aromatic rings. The molecule has 1 radical (unpaired) electrons. The fourth-order valence-electron chi connectivity index (χ4n) is 0.294. The molecule has 2 nitrogen and oxygen atoms in total. The van der Waals surface area contributed by atoms with E-state index in [0.29, 0.717) is 0 Å². The van der Waals surface area contributed by atoms with Crippen molar-refractivity contribution in [2.45, 2.75) is 13.8 Å². The van der Waals surface area contributed by atoms with E-state index in [9.17, 15) is 4.79 Å². The van der Waals surface area contributed by atoms with Crippen molar-refractivity contribution in [3.05, 3.63) is 31.4 Å². The smallest absolute Gasteiger partial charge is 0.155 e. The van der Waals surface area contributed by atoms with Gasteiger partial charge in [0.25, 0.3) is 0 Å². The molecule has 0 saturated heterocycles. The number of aliphatic hydroxyl groups is 1. The maximum atomic E-state index is 10.0. The fraction of sp³-hybridized carbons (Fsp3) is 0.250. The summed E-state index contributed by atoms with van der Waals surface area (Å²) in [4.78, 5) is 10.0. The number of rotatable bonds is 1. The van der Waals surface area contributed by atoms with Crippen LogP contribution in [0.5, 0.6) is 0 Å². The second-order valence-electron chi connectivity index (χ2n) is 1.69. The van der Waals surface area contributed by atoms with Gasteiger partial charge in [-0.25, -0.2) is 0 Å². The molecular weight excluding hydrogens is 235 g/mol. The van der Waals surface area contributed by atoms with Crippen LogP contribution in [0.2, 0.25) is 0 Å². The summed E-state index contributed by atoms with van der Waals surface area (Å²) in [5, 5.41) is 8.36. The molecule has 0 aliphatic carbocycles. The van der Waals surface area contributed by atoms with E-state index in [4.69, 9.17) is 5.11 Å². The summed E-state index contributed by atoms with van der Waals surface area (Å²) in [5.41, 5.74) is 0. The van der Waals surface area contributed by atoms with Gasteiger partial charge >= 0.3 is 0 Å². The Morgan fingerprint density at radius 2 is 1.73 bits per heavy atom. The minimum Gasteiger partial charge on any atom is -0.512 e. The Labute approximate surface area is 81.7 Å². The summed E-state index contributed by atoms with van der Waals surface area (Å²) in [6.45, 7) is 9.35. The average Bonchev–Trinajstić information content (AvgIpc) is 1.62. The van der Waals surface area contributed by atoms with Gasteiger partial charge in [0.2, 0.25) is 0 Å². The van der Waals surface area contributed by atoms with Crippen molar-refractivity contribution in [2.75, 3.05) is 0 Å². The molecule has 0 bridgehead atoms. The second-order valence-corrected chi connectivity index (χ2v) is 1.69. The Morgan fingerprint density at radius 1 is 1.45 bits per heavy atom. The predicted molar refractivity (Wildman–Crippen MR) is 42.6 cm³/mol. The van der Waals surface area contributed by atoms with E-state index in [1.54, 1.807) is 0 Å². The summed E-state index contributed by atoms with van der Waals surface area (Å²) in [6.07, 6.45) is 2.67. The minimum atomic E-state index is -0.125. The van der Waals surface area contributed by atoms with Gasteiger partial charge in [0.1, 0.15) is 0 Å². The molecule has 0 rings (SSSR count). The standard InChI is InChI=1S/C5H8O2.C3H5.Pd/c1-4(6)3-5(2)7;1-3-2;/h3,6H,1-2H3;3H,1-2H2;/b4-3-;;. The van der Waals surface area contributed by atoms with Crippen LogP contribution in [0.25, 0.3) is 0 Å². The van der Waals surface area contributed by atoms with Gasteiger partial charge in [-0.05, 0) is 20.8 Å². The molecule has 1 N–H and O–H groups in total. The zero-order valence-electron chi connectivity index (χ0n) is 6.74. The maximum Gasteiger partial charge on any atom is 0.155 e. The van der Waals surface area contributed by atoms with Crippen LogP contribution in [-0.2, 0) is 25.2 Å². The molecule has 0 aliphatic rings. The van der Waals surface area contributed by atoms with Crippen molar-refractivity contribution in [2.24, 2.45) is 0 Å². The minimum absolute atomic E-state index is 0. The van der Waals surface area contributed by atoms with Gasteiger partial charge in [0, 0.05) is 26.5 Å². The Bertz CT molecular complexity index is 135. The molecule has 0 aromatic heterocycles. The molecule has 0 fully saturated rings. The molecule has 0 saturated carbocycles. The Morgan fingerprint density at radius 3 is 1.73 bits per heavy atom. The van der Waals surface area contributed by atoms with Gasteiger partial charge in [-0.1, -0.05) is 6.08 Å². The van der Waals surface area contributed by atoms with Crippen LogP contribution >= 0.6 is 0 Å². The molecule has 0 spiro atoms. The van der Waals surface area contributed by atoms with Crippen molar-refractivity contribution >= 4 is 5.78 Å². The first-order valence-corrected chi connectivity index (χ1v) is 2.82. The normalized spacial score (nSPS) is 8.45. The van der Waals surface area contributed by atoms with Crippen LogP contribution in [0.1, 0.15) is 13.8 Å². The molecule has 3 heteroatoms. The van der Waals surface area contributed by atoms with Gasteiger partial charge in [0.05, 0.1) is 5.76 Å². The van der Waals surface area contributed by atoms with Gasteiger partial charge in [-0.15, -0.1) is 6.58 Å². The third kappa shape index (κ3) is 42.7. The molecular formula is C8H13O2Pd. The molecule has 11 heavy (non-hydrogen) atoms. The van der Waals surface area contributed by atoms with Crippen LogP contribution in [0.4, 0.5) is 0 Å². The molecule has 0 aromatic carbocycles. The van der Waals surface area contributed by atoms with Crippen LogP contribution in [0.15, 0.2) is 24.5 Å². The zero-order valence-corrected chi connectivity index (χ0v) is 8.30. The number of hydrogen-bond acceptors (Lipinski definition) is 2. The first kappa shape index (κ1) is 16.9. The van der Waals surface area contributed by atoms with Crippen LogP contribution < -0.4 is 0 Å². The molecule has 0 heterocycles. The van der Waals surface area contributed by atoms with E-state index in [-0.39, 0.29) is 32.0 Å². The number of carbonyl (C=O) groups excluding carboxylic acids is 1. The van der Waals surface area contributed by atoms with Gasteiger partial charge < -0.3 is 5.11 Å². The summed E-state index contributed by atoms with van der Waals surface area (Å²) >= 11 is 0. The van der Waals surface area contributed by atoms with Crippen molar-refractivity contribution < 1.29 is 30.3 Å². The summed E-state index contributed by atoms with van der Waals surface area (Å²) in [6, 6.07) is 0. The van der Waals surface area contributed by atoms with Crippen LogP contribution in [0, 0.1) is 6.92 Å². The number of carbonyl (C=O) groups is 1. The topological polar surface area (TPSA) is 37.3 Å². The summed E-state index contributed by atoms with van der Waals surface area (Å²) in [5.74, 6) is -0.0625. The molecule has 0 unspecified atom stereocenters. The van der Waals surface area contributed by atoms with Crippen molar-refractivity contribution in [3.8, 4) is 0 Å². The van der Waals surface area contributed by atoms with Gasteiger partial charge in [0.15, 0.2) is 5.78 Å².